The summed E-state index contributed by atoms with van der Waals surface area (Å²) in [6, 6.07) is 0. The Morgan fingerprint density at radius 1 is 1.40 bits per heavy atom. The summed E-state index contributed by atoms with van der Waals surface area (Å²) in [4.78, 5) is 11.6. The van der Waals surface area contributed by atoms with E-state index in [4.69, 9.17) is 27.9 Å². The van der Waals surface area contributed by atoms with Crippen molar-refractivity contribution >= 4 is 45.1 Å². The Morgan fingerprint density at radius 3 is 2.33 bits per heavy atom. The molecule has 0 heterocycles. The standard InChI is InChI=1S/C10H13BrCl2O2/c1-4-15-9(14)6-5(10(6,2)3)7(11)8(12)13/h5-6H,4H2,1-3H3. The van der Waals surface area contributed by atoms with Crippen LogP contribution >= 0.6 is 39.1 Å². The van der Waals surface area contributed by atoms with E-state index >= 15 is 0 Å². The molecule has 2 nitrogen and oxygen atoms in total. The van der Waals surface area contributed by atoms with Crippen LogP contribution in [-0.4, -0.2) is 12.6 Å². The Hall–Kier alpha value is 0.270. The lowest BCUT2D eigenvalue weighted by molar-refractivity contribution is -0.145. The van der Waals surface area contributed by atoms with Gasteiger partial charge in [0.05, 0.1) is 12.5 Å². The first kappa shape index (κ1) is 13.3. The van der Waals surface area contributed by atoms with Crippen LogP contribution in [-0.2, 0) is 9.53 Å². The van der Waals surface area contributed by atoms with Crippen molar-refractivity contribution < 1.29 is 9.53 Å². The minimum absolute atomic E-state index is 0.0292. The zero-order valence-corrected chi connectivity index (χ0v) is 11.9. The molecule has 0 aliphatic heterocycles. The maximum atomic E-state index is 11.6. The largest absolute Gasteiger partial charge is 0.466 e. The molecule has 0 aromatic carbocycles. The van der Waals surface area contributed by atoms with Crippen LogP contribution < -0.4 is 0 Å². The second kappa shape index (κ2) is 4.64. The van der Waals surface area contributed by atoms with E-state index in [1.165, 1.54) is 0 Å². The number of esters is 1. The molecular formula is C10H13BrCl2O2. The van der Waals surface area contributed by atoms with Crippen molar-refractivity contribution in [2.24, 2.45) is 17.3 Å². The van der Waals surface area contributed by atoms with Gasteiger partial charge in [0, 0.05) is 10.4 Å². The van der Waals surface area contributed by atoms with Crippen LogP contribution in [0.1, 0.15) is 20.8 Å². The van der Waals surface area contributed by atoms with Crippen molar-refractivity contribution in [2.45, 2.75) is 20.8 Å². The van der Waals surface area contributed by atoms with Gasteiger partial charge in [0.25, 0.3) is 0 Å². The molecule has 0 aromatic heterocycles. The number of carbonyl (C=O) groups is 1. The number of halogens is 3. The summed E-state index contributed by atoms with van der Waals surface area (Å²) in [6.07, 6.45) is 0. The van der Waals surface area contributed by atoms with Gasteiger partial charge in [-0.1, -0.05) is 53.0 Å². The molecule has 2 unspecified atom stereocenters. The Morgan fingerprint density at radius 2 is 1.93 bits per heavy atom. The molecule has 15 heavy (non-hydrogen) atoms. The van der Waals surface area contributed by atoms with Crippen LogP contribution in [0.25, 0.3) is 0 Å². The summed E-state index contributed by atoms with van der Waals surface area (Å²) < 4.78 is 5.86. The van der Waals surface area contributed by atoms with Crippen LogP contribution in [0.15, 0.2) is 8.97 Å². The molecule has 0 saturated heterocycles. The third-order valence-corrected chi connectivity index (χ3v) is 4.57. The van der Waals surface area contributed by atoms with Crippen molar-refractivity contribution in [3.05, 3.63) is 8.97 Å². The fourth-order valence-corrected chi connectivity index (χ4v) is 2.99. The Labute approximate surface area is 108 Å². The number of allylic oxidation sites excluding steroid dienone is 1. The second-order valence-corrected chi connectivity index (χ2v) is 5.94. The highest BCUT2D eigenvalue weighted by Gasteiger charge is 2.64. The Balaban J connectivity index is 2.80. The van der Waals surface area contributed by atoms with E-state index in [2.05, 4.69) is 15.9 Å². The maximum absolute atomic E-state index is 11.6. The van der Waals surface area contributed by atoms with Gasteiger partial charge in [-0.15, -0.1) is 0 Å². The first-order valence-corrected chi connectivity index (χ1v) is 6.26. The van der Waals surface area contributed by atoms with Crippen LogP contribution in [0.4, 0.5) is 0 Å². The summed E-state index contributed by atoms with van der Waals surface area (Å²) in [5, 5.41) is 0. The Bertz CT molecular complexity index is 309. The highest BCUT2D eigenvalue weighted by atomic mass is 79.9. The molecule has 0 bridgehead atoms. The number of ether oxygens (including phenoxy) is 1. The third kappa shape index (κ3) is 2.51. The smallest absolute Gasteiger partial charge is 0.310 e. The number of hydrogen-bond donors (Lipinski definition) is 0. The van der Waals surface area contributed by atoms with Gasteiger partial charge < -0.3 is 4.74 Å². The molecular weight excluding hydrogens is 303 g/mol. The summed E-state index contributed by atoms with van der Waals surface area (Å²) in [5.74, 6) is -0.306. The summed E-state index contributed by atoms with van der Waals surface area (Å²) in [5.41, 5.74) is -0.139. The first-order chi connectivity index (χ1) is 6.84. The molecule has 1 aliphatic rings. The van der Waals surface area contributed by atoms with E-state index < -0.39 is 0 Å². The normalized spacial score (nSPS) is 27.1. The lowest BCUT2D eigenvalue weighted by Crippen LogP contribution is -2.10. The topological polar surface area (TPSA) is 26.3 Å². The summed E-state index contributed by atoms with van der Waals surface area (Å²) in [6.45, 7) is 6.18. The minimum Gasteiger partial charge on any atom is -0.466 e. The van der Waals surface area contributed by atoms with Crippen molar-refractivity contribution in [1.82, 2.24) is 0 Å². The Kier molecular flexibility index (Phi) is 4.13. The minimum atomic E-state index is -0.181. The molecule has 0 spiro atoms. The average molecular weight is 316 g/mol. The van der Waals surface area contributed by atoms with Crippen LogP contribution in [0.3, 0.4) is 0 Å². The SMILES string of the molecule is CCOC(=O)C1C(C(Br)=C(Cl)Cl)C1(C)C. The van der Waals surface area contributed by atoms with Crippen LogP contribution in [0.5, 0.6) is 0 Å². The average Bonchev–Trinajstić information content (AvgIpc) is 2.68. The van der Waals surface area contributed by atoms with Gasteiger partial charge in [-0.05, 0) is 12.3 Å². The number of hydrogen-bond acceptors (Lipinski definition) is 2. The molecule has 1 aliphatic carbocycles. The zero-order valence-electron chi connectivity index (χ0n) is 8.81. The van der Waals surface area contributed by atoms with Crippen molar-refractivity contribution in [1.29, 1.82) is 0 Å². The molecule has 2 atom stereocenters. The molecule has 1 fully saturated rings. The molecule has 1 rings (SSSR count). The molecule has 5 heteroatoms. The fourth-order valence-electron chi connectivity index (χ4n) is 1.90. The van der Waals surface area contributed by atoms with Gasteiger partial charge in [-0.2, -0.15) is 0 Å². The molecule has 1 saturated carbocycles. The quantitative estimate of drug-likeness (QED) is 0.739. The van der Waals surface area contributed by atoms with E-state index in [-0.39, 0.29) is 27.7 Å². The van der Waals surface area contributed by atoms with Crippen molar-refractivity contribution in [3.63, 3.8) is 0 Å². The van der Waals surface area contributed by atoms with Crippen LogP contribution in [0.2, 0.25) is 0 Å². The summed E-state index contributed by atoms with van der Waals surface area (Å²) >= 11 is 14.7. The molecule has 0 radical (unpaired) electrons. The van der Waals surface area contributed by atoms with Crippen LogP contribution in [0, 0.1) is 17.3 Å². The van der Waals surface area contributed by atoms with Gasteiger partial charge in [0.2, 0.25) is 0 Å². The van der Waals surface area contributed by atoms with Gasteiger partial charge in [0.15, 0.2) is 0 Å². The molecule has 86 valence electrons. The maximum Gasteiger partial charge on any atom is 0.310 e. The van der Waals surface area contributed by atoms with Gasteiger partial charge in [0.1, 0.15) is 4.49 Å². The van der Waals surface area contributed by atoms with Crippen molar-refractivity contribution in [2.75, 3.05) is 6.61 Å². The van der Waals surface area contributed by atoms with E-state index in [0.717, 1.165) is 0 Å². The summed E-state index contributed by atoms with van der Waals surface area (Å²) in [7, 11) is 0. The van der Waals surface area contributed by atoms with E-state index in [0.29, 0.717) is 11.1 Å². The zero-order chi connectivity index (χ0) is 11.8. The first-order valence-electron chi connectivity index (χ1n) is 4.71. The predicted molar refractivity (Wildman–Crippen MR) is 65.1 cm³/mol. The van der Waals surface area contributed by atoms with E-state index in [9.17, 15) is 4.79 Å². The molecule has 0 aromatic rings. The lowest BCUT2D eigenvalue weighted by atomic mass is 10.1. The third-order valence-electron chi connectivity index (χ3n) is 2.82. The highest BCUT2D eigenvalue weighted by Crippen LogP contribution is 2.64. The monoisotopic (exact) mass is 314 g/mol. The van der Waals surface area contributed by atoms with E-state index in [1.807, 2.05) is 13.8 Å². The van der Waals surface area contributed by atoms with Gasteiger partial charge >= 0.3 is 5.97 Å². The van der Waals surface area contributed by atoms with Gasteiger partial charge in [-0.3, -0.25) is 4.79 Å². The number of carbonyl (C=O) groups excluding carboxylic acids is 1. The number of rotatable bonds is 3. The van der Waals surface area contributed by atoms with Gasteiger partial charge in [-0.25, -0.2) is 0 Å². The molecule has 0 N–H and O–H groups in total. The lowest BCUT2D eigenvalue weighted by Gasteiger charge is -2.01. The van der Waals surface area contributed by atoms with E-state index in [1.54, 1.807) is 6.92 Å². The second-order valence-electron chi connectivity index (χ2n) is 4.14. The highest BCUT2D eigenvalue weighted by molar-refractivity contribution is 9.11. The molecule has 0 amide bonds. The van der Waals surface area contributed by atoms with Crippen molar-refractivity contribution in [3.8, 4) is 0 Å². The predicted octanol–water partition coefficient (Wildman–Crippen LogP) is 3.86. The fraction of sp³-hybridized carbons (Fsp3) is 0.700.